The van der Waals surface area contributed by atoms with Gasteiger partial charge in [0.15, 0.2) is 5.78 Å². The summed E-state index contributed by atoms with van der Waals surface area (Å²) in [6.07, 6.45) is 1.33. The molecule has 0 saturated carbocycles. The van der Waals surface area contributed by atoms with Gasteiger partial charge in [-0.2, -0.15) is 0 Å². The van der Waals surface area contributed by atoms with E-state index in [1.54, 1.807) is 7.05 Å². The van der Waals surface area contributed by atoms with E-state index in [0.29, 0.717) is 13.0 Å². The molecule has 116 valence electrons. The van der Waals surface area contributed by atoms with Crippen molar-refractivity contribution in [1.82, 2.24) is 10.2 Å². The Kier molecular flexibility index (Phi) is 7.61. The number of carbonyl (C=O) groups is 2. The summed E-state index contributed by atoms with van der Waals surface area (Å²) in [4.78, 5) is 25.6. The van der Waals surface area contributed by atoms with Gasteiger partial charge in [0.2, 0.25) is 5.91 Å². The molecule has 0 bridgehead atoms. The van der Waals surface area contributed by atoms with Gasteiger partial charge in [-0.1, -0.05) is 35.0 Å². The molecule has 0 saturated heterocycles. The number of benzene rings is 1. The molecular formula is C16H23BrN2O2. The molecule has 1 aromatic rings. The largest absolute Gasteiger partial charge is 0.359 e. The van der Waals surface area contributed by atoms with Crippen LogP contribution in [-0.4, -0.2) is 43.8 Å². The Morgan fingerprint density at radius 1 is 1.29 bits per heavy atom. The molecule has 21 heavy (non-hydrogen) atoms. The van der Waals surface area contributed by atoms with Crippen molar-refractivity contribution in [3.63, 3.8) is 0 Å². The van der Waals surface area contributed by atoms with Crippen LogP contribution >= 0.6 is 15.9 Å². The molecule has 0 aromatic heterocycles. The van der Waals surface area contributed by atoms with Crippen molar-refractivity contribution in [3.8, 4) is 0 Å². The van der Waals surface area contributed by atoms with E-state index in [1.807, 2.05) is 38.2 Å². The lowest BCUT2D eigenvalue weighted by Gasteiger charge is -2.20. The van der Waals surface area contributed by atoms with Gasteiger partial charge < -0.3 is 10.2 Å². The summed E-state index contributed by atoms with van der Waals surface area (Å²) >= 11 is 3.36. The zero-order valence-electron chi connectivity index (χ0n) is 12.9. The number of hydrogen-bond donors (Lipinski definition) is 1. The normalized spacial score (nSPS) is 12.2. The highest BCUT2D eigenvalue weighted by molar-refractivity contribution is 9.10. The van der Waals surface area contributed by atoms with Crippen LogP contribution in [0.3, 0.4) is 0 Å². The maximum Gasteiger partial charge on any atom is 0.223 e. The highest BCUT2D eigenvalue weighted by Crippen LogP contribution is 2.12. The Balaban J connectivity index is 2.31. The van der Waals surface area contributed by atoms with Gasteiger partial charge in [-0.05, 0) is 32.1 Å². The van der Waals surface area contributed by atoms with Gasteiger partial charge in [-0.3, -0.25) is 9.59 Å². The van der Waals surface area contributed by atoms with Crippen molar-refractivity contribution < 1.29 is 9.59 Å². The SMILES string of the molecule is CNC(=O)C(C)CN(C)CCCC(=O)c1ccc(Br)cc1. The van der Waals surface area contributed by atoms with E-state index >= 15 is 0 Å². The third kappa shape index (κ3) is 6.40. The second-order valence-electron chi connectivity index (χ2n) is 5.31. The topological polar surface area (TPSA) is 49.4 Å². The first-order chi connectivity index (χ1) is 9.93. The van der Waals surface area contributed by atoms with Crippen LogP contribution in [0.4, 0.5) is 0 Å². The summed E-state index contributed by atoms with van der Waals surface area (Å²) in [5.41, 5.74) is 0.750. The van der Waals surface area contributed by atoms with E-state index in [9.17, 15) is 9.59 Å². The number of carbonyl (C=O) groups excluding carboxylic acids is 2. The number of ketones is 1. The Morgan fingerprint density at radius 3 is 2.48 bits per heavy atom. The molecule has 0 aliphatic rings. The molecule has 0 heterocycles. The number of Topliss-reactive ketones (excluding diaryl/α,β-unsaturated/α-hetero) is 1. The number of halogens is 1. The number of amides is 1. The number of nitrogens with one attached hydrogen (secondary N) is 1. The Hall–Kier alpha value is -1.20. The van der Waals surface area contributed by atoms with Crippen molar-refractivity contribution in [2.45, 2.75) is 19.8 Å². The van der Waals surface area contributed by atoms with Crippen molar-refractivity contribution >= 4 is 27.6 Å². The zero-order chi connectivity index (χ0) is 15.8. The minimum atomic E-state index is -0.0397. The summed E-state index contributed by atoms with van der Waals surface area (Å²) in [6, 6.07) is 7.43. The number of hydrogen-bond acceptors (Lipinski definition) is 3. The molecule has 5 heteroatoms. The zero-order valence-corrected chi connectivity index (χ0v) is 14.4. The maximum absolute atomic E-state index is 12.0. The summed E-state index contributed by atoms with van der Waals surface area (Å²) < 4.78 is 0.974. The Labute approximate surface area is 135 Å². The second-order valence-corrected chi connectivity index (χ2v) is 6.23. The molecule has 0 fully saturated rings. The summed E-state index contributed by atoms with van der Waals surface area (Å²) in [6.45, 7) is 3.41. The van der Waals surface area contributed by atoms with E-state index in [-0.39, 0.29) is 17.6 Å². The van der Waals surface area contributed by atoms with Crippen LogP contribution < -0.4 is 5.32 Å². The molecule has 0 spiro atoms. The molecule has 1 amide bonds. The molecule has 1 rings (SSSR count). The standard InChI is InChI=1S/C16H23BrN2O2/c1-12(16(21)18-2)11-19(3)10-4-5-15(20)13-6-8-14(17)9-7-13/h6-9,12H,4-5,10-11H2,1-3H3,(H,18,21). The van der Waals surface area contributed by atoms with E-state index in [2.05, 4.69) is 26.1 Å². The van der Waals surface area contributed by atoms with Crippen LogP contribution in [0, 0.1) is 5.92 Å². The molecule has 1 atom stereocenters. The van der Waals surface area contributed by atoms with Gasteiger partial charge in [0.25, 0.3) is 0 Å². The summed E-state index contributed by atoms with van der Waals surface area (Å²) in [7, 11) is 3.62. The number of nitrogens with zero attached hydrogens (tertiary/aromatic N) is 1. The third-order valence-corrected chi connectivity index (χ3v) is 3.92. The molecule has 1 aromatic carbocycles. The smallest absolute Gasteiger partial charge is 0.223 e. The van der Waals surface area contributed by atoms with Crippen LogP contribution in [0.5, 0.6) is 0 Å². The van der Waals surface area contributed by atoms with Gasteiger partial charge >= 0.3 is 0 Å². The van der Waals surface area contributed by atoms with Crippen LogP contribution in [0.25, 0.3) is 0 Å². The first-order valence-electron chi connectivity index (χ1n) is 7.13. The van der Waals surface area contributed by atoms with E-state index in [1.165, 1.54) is 0 Å². The highest BCUT2D eigenvalue weighted by atomic mass is 79.9. The fourth-order valence-corrected chi connectivity index (χ4v) is 2.44. The van der Waals surface area contributed by atoms with E-state index < -0.39 is 0 Å². The van der Waals surface area contributed by atoms with Gasteiger partial charge in [-0.15, -0.1) is 0 Å². The Bertz CT molecular complexity index is 474. The fraction of sp³-hybridized carbons (Fsp3) is 0.500. The lowest BCUT2D eigenvalue weighted by molar-refractivity contribution is -0.124. The molecule has 0 radical (unpaired) electrons. The van der Waals surface area contributed by atoms with E-state index in [0.717, 1.165) is 23.0 Å². The lowest BCUT2D eigenvalue weighted by atomic mass is 10.1. The fourth-order valence-electron chi connectivity index (χ4n) is 2.18. The van der Waals surface area contributed by atoms with Crippen molar-refractivity contribution in [1.29, 1.82) is 0 Å². The molecule has 1 N–H and O–H groups in total. The van der Waals surface area contributed by atoms with Crippen LogP contribution in [0.15, 0.2) is 28.7 Å². The molecule has 0 aliphatic heterocycles. The first kappa shape index (κ1) is 17.9. The van der Waals surface area contributed by atoms with E-state index in [4.69, 9.17) is 0 Å². The maximum atomic E-state index is 12.0. The molecule has 0 aliphatic carbocycles. The molecule has 1 unspecified atom stereocenters. The minimum absolute atomic E-state index is 0.0397. The molecule has 4 nitrogen and oxygen atoms in total. The predicted molar refractivity (Wildman–Crippen MR) is 88.4 cm³/mol. The minimum Gasteiger partial charge on any atom is -0.359 e. The molecular weight excluding hydrogens is 332 g/mol. The summed E-state index contributed by atoms with van der Waals surface area (Å²) in [5.74, 6) is 0.171. The van der Waals surface area contributed by atoms with Gasteiger partial charge in [0.1, 0.15) is 0 Å². The first-order valence-corrected chi connectivity index (χ1v) is 7.92. The van der Waals surface area contributed by atoms with Crippen molar-refractivity contribution in [2.75, 3.05) is 27.2 Å². The van der Waals surface area contributed by atoms with Gasteiger partial charge in [-0.25, -0.2) is 0 Å². The second kappa shape index (κ2) is 8.95. The van der Waals surface area contributed by atoms with Gasteiger partial charge in [0, 0.05) is 36.0 Å². The summed E-state index contributed by atoms with van der Waals surface area (Å²) in [5, 5.41) is 2.65. The third-order valence-electron chi connectivity index (χ3n) is 3.39. The highest BCUT2D eigenvalue weighted by Gasteiger charge is 2.13. The average molecular weight is 355 g/mol. The quantitative estimate of drug-likeness (QED) is 0.730. The van der Waals surface area contributed by atoms with Gasteiger partial charge in [0.05, 0.1) is 0 Å². The van der Waals surface area contributed by atoms with Crippen LogP contribution in [0.2, 0.25) is 0 Å². The lowest BCUT2D eigenvalue weighted by Crippen LogP contribution is -2.34. The van der Waals surface area contributed by atoms with Crippen molar-refractivity contribution in [3.05, 3.63) is 34.3 Å². The average Bonchev–Trinajstić information content (AvgIpc) is 2.46. The monoisotopic (exact) mass is 354 g/mol. The van der Waals surface area contributed by atoms with Crippen LogP contribution in [-0.2, 0) is 4.79 Å². The number of rotatable bonds is 8. The predicted octanol–water partition coefficient (Wildman–Crippen LogP) is 2.73. The Morgan fingerprint density at radius 2 is 1.90 bits per heavy atom. The van der Waals surface area contributed by atoms with Crippen LogP contribution in [0.1, 0.15) is 30.1 Å². The van der Waals surface area contributed by atoms with Crippen molar-refractivity contribution in [2.24, 2.45) is 5.92 Å².